The predicted molar refractivity (Wildman–Crippen MR) is 102 cm³/mol. The maximum absolute atomic E-state index is 12.9. The molecule has 6 heteroatoms. The Morgan fingerprint density at radius 1 is 1.24 bits per heavy atom. The number of aromatic hydroxyl groups is 1. The number of aryl methyl sites for hydroxylation is 1. The molecule has 2 aromatic carbocycles. The van der Waals surface area contributed by atoms with Gasteiger partial charge in [-0.3, -0.25) is 4.79 Å². The van der Waals surface area contributed by atoms with E-state index in [2.05, 4.69) is 22.5 Å². The number of amides is 1. The van der Waals surface area contributed by atoms with Crippen LogP contribution in [0.15, 0.2) is 60.8 Å². The van der Waals surface area contributed by atoms with Gasteiger partial charge >= 0.3 is 0 Å². The summed E-state index contributed by atoms with van der Waals surface area (Å²) in [5.41, 5.74) is 3.17. The molecule has 2 atom stereocenters. The molecule has 5 nitrogen and oxygen atoms in total. The number of anilines is 1. The fourth-order valence-corrected chi connectivity index (χ4v) is 3.15. The number of carbonyl (C=O) groups excluding carboxylic acids is 1. The summed E-state index contributed by atoms with van der Waals surface area (Å²) in [4.78, 5) is 12.9. The molecule has 128 valence electrons. The summed E-state index contributed by atoms with van der Waals surface area (Å²) in [6.45, 7) is 5.94. The van der Waals surface area contributed by atoms with E-state index in [-0.39, 0.29) is 17.7 Å². The SMILES string of the molecule is C=C1NC(=S)N[C@@H](c2ccc(O)cc2)[C@@H]1C(=O)Nc1cccc(C)c1. The van der Waals surface area contributed by atoms with E-state index in [1.807, 2.05) is 31.2 Å². The third-order valence-electron chi connectivity index (χ3n) is 4.09. The van der Waals surface area contributed by atoms with Crippen molar-refractivity contribution in [2.45, 2.75) is 13.0 Å². The molecule has 2 aromatic rings. The van der Waals surface area contributed by atoms with Crippen molar-refractivity contribution in [2.24, 2.45) is 5.92 Å². The van der Waals surface area contributed by atoms with Gasteiger partial charge in [-0.15, -0.1) is 0 Å². The normalized spacial score (nSPS) is 19.7. The topological polar surface area (TPSA) is 73.4 Å². The van der Waals surface area contributed by atoms with E-state index >= 15 is 0 Å². The highest BCUT2D eigenvalue weighted by Gasteiger charge is 2.36. The van der Waals surface area contributed by atoms with Gasteiger partial charge in [0.2, 0.25) is 5.91 Å². The first-order chi connectivity index (χ1) is 11.9. The molecule has 1 aliphatic heterocycles. The maximum Gasteiger partial charge on any atom is 0.235 e. The van der Waals surface area contributed by atoms with Crippen LogP contribution in [0.4, 0.5) is 5.69 Å². The summed E-state index contributed by atoms with van der Waals surface area (Å²) in [5.74, 6) is -0.576. The van der Waals surface area contributed by atoms with Crippen LogP contribution in [0.5, 0.6) is 5.75 Å². The molecule has 0 aliphatic carbocycles. The van der Waals surface area contributed by atoms with Gasteiger partial charge in [0, 0.05) is 11.4 Å². The minimum atomic E-state index is -0.559. The summed E-state index contributed by atoms with van der Waals surface area (Å²) in [6.07, 6.45) is 0. The summed E-state index contributed by atoms with van der Waals surface area (Å²) in [7, 11) is 0. The minimum absolute atomic E-state index is 0.167. The van der Waals surface area contributed by atoms with Gasteiger partial charge in [0.05, 0.1) is 6.04 Å². The molecule has 1 aliphatic rings. The van der Waals surface area contributed by atoms with E-state index in [1.54, 1.807) is 24.3 Å². The zero-order valence-electron chi connectivity index (χ0n) is 13.7. The quantitative estimate of drug-likeness (QED) is 0.639. The highest BCUT2D eigenvalue weighted by Crippen LogP contribution is 2.31. The first kappa shape index (κ1) is 17.0. The van der Waals surface area contributed by atoms with Gasteiger partial charge in [0.15, 0.2) is 5.11 Å². The largest absolute Gasteiger partial charge is 0.508 e. The molecule has 0 radical (unpaired) electrons. The molecule has 0 aromatic heterocycles. The fourth-order valence-electron chi connectivity index (χ4n) is 2.90. The number of rotatable bonds is 3. The second kappa shape index (κ2) is 6.94. The second-order valence-corrected chi connectivity index (χ2v) is 6.44. The van der Waals surface area contributed by atoms with E-state index in [0.29, 0.717) is 10.8 Å². The Hall–Kier alpha value is -2.86. The van der Waals surface area contributed by atoms with Crippen molar-refractivity contribution in [3.05, 3.63) is 71.9 Å². The summed E-state index contributed by atoms with van der Waals surface area (Å²) in [6, 6.07) is 13.9. The van der Waals surface area contributed by atoms with E-state index in [9.17, 15) is 9.90 Å². The van der Waals surface area contributed by atoms with Crippen molar-refractivity contribution < 1.29 is 9.90 Å². The number of phenols is 1. The number of phenolic OH excluding ortho intramolecular Hbond substituents is 1. The molecule has 0 bridgehead atoms. The van der Waals surface area contributed by atoms with Gasteiger partial charge in [-0.25, -0.2) is 0 Å². The molecule has 1 amide bonds. The molecule has 0 saturated carbocycles. The van der Waals surface area contributed by atoms with Crippen molar-refractivity contribution >= 4 is 28.9 Å². The molecule has 1 saturated heterocycles. The molecule has 4 N–H and O–H groups in total. The first-order valence-corrected chi connectivity index (χ1v) is 8.27. The fraction of sp³-hybridized carbons (Fsp3) is 0.158. The number of carbonyl (C=O) groups is 1. The van der Waals surface area contributed by atoms with Gasteiger partial charge in [-0.2, -0.15) is 0 Å². The lowest BCUT2D eigenvalue weighted by atomic mass is 9.88. The summed E-state index contributed by atoms with van der Waals surface area (Å²) in [5, 5.41) is 18.9. The lowest BCUT2D eigenvalue weighted by Crippen LogP contribution is -2.51. The van der Waals surface area contributed by atoms with Crippen LogP contribution < -0.4 is 16.0 Å². The highest BCUT2D eigenvalue weighted by molar-refractivity contribution is 7.80. The van der Waals surface area contributed by atoms with Crippen LogP contribution in [0, 0.1) is 12.8 Å². The molecular formula is C19H19N3O2S. The average molecular weight is 353 g/mol. The number of hydrogen-bond acceptors (Lipinski definition) is 3. The standard InChI is InChI=1S/C19H19N3O2S/c1-11-4-3-5-14(10-11)21-18(24)16-12(2)20-19(25)22-17(16)13-6-8-15(23)9-7-13/h3-10,16-17,23H,2H2,1H3,(H,21,24)(H2,20,22,25)/t16-,17+/m1/s1. The zero-order valence-corrected chi connectivity index (χ0v) is 14.6. The second-order valence-electron chi connectivity index (χ2n) is 6.03. The third-order valence-corrected chi connectivity index (χ3v) is 4.31. The Bertz CT molecular complexity index is 833. The van der Waals surface area contributed by atoms with Crippen molar-refractivity contribution in [3.8, 4) is 5.75 Å². The molecule has 0 unspecified atom stereocenters. The highest BCUT2D eigenvalue weighted by atomic mass is 32.1. The maximum atomic E-state index is 12.9. The summed E-state index contributed by atoms with van der Waals surface area (Å²) >= 11 is 5.21. The van der Waals surface area contributed by atoms with Gasteiger partial charge in [0.1, 0.15) is 11.7 Å². The van der Waals surface area contributed by atoms with Crippen molar-refractivity contribution in [1.29, 1.82) is 0 Å². The molecular weight excluding hydrogens is 334 g/mol. The molecule has 1 heterocycles. The van der Waals surface area contributed by atoms with Gasteiger partial charge in [0.25, 0.3) is 0 Å². The molecule has 0 spiro atoms. The van der Waals surface area contributed by atoms with Crippen LogP contribution in [-0.2, 0) is 4.79 Å². The van der Waals surface area contributed by atoms with Crippen LogP contribution in [0.25, 0.3) is 0 Å². The van der Waals surface area contributed by atoms with Crippen LogP contribution in [0.3, 0.4) is 0 Å². The van der Waals surface area contributed by atoms with E-state index in [4.69, 9.17) is 12.2 Å². The Morgan fingerprint density at radius 2 is 1.96 bits per heavy atom. The average Bonchev–Trinajstić information content (AvgIpc) is 2.54. The number of nitrogens with one attached hydrogen (secondary N) is 3. The Balaban J connectivity index is 1.89. The van der Waals surface area contributed by atoms with Crippen molar-refractivity contribution in [1.82, 2.24) is 10.6 Å². The van der Waals surface area contributed by atoms with Crippen LogP contribution in [-0.4, -0.2) is 16.1 Å². The van der Waals surface area contributed by atoms with E-state index in [0.717, 1.165) is 16.8 Å². The summed E-state index contributed by atoms with van der Waals surface area (Å²) < 4.78 is 0. The number of thiocarbonyl (C=S) groups is 1. The predicted octanol–water partition coefficient (Wildman–Crippen LogP) is 2.99. The van der Waals surface area contributed by atoms with Crippen molar-refractivity contribution in [3.63, 3.8) is 0 Å². The first-order valence-electron chi connectivity index (χ1n) is 7.87. The van der Waals surface area contributed by atoms with Gasteiger partial charge < -0.3 is 21.1 Å². The molecule has 3 rings (SSSR count). The Morgan fingerprint density at radius 3 is 2.64 bits per heavy atom. The Labute approximate surface area is 151 Å². The smallest absolute Gasteiger partial charge is 0.235 e. The zero-order chi connectivity index (χ0) is 18.0. The van der Waals surface area contributed by atoms with Crippen molar-refractivity contribution in [2.75, 3.05) is 5.32 Å². The molecule has 1 fully saturated rings. The lowest BCUT2D eigenvalue weighted by Gasteiger charge is -2.35. The molecule has 25 heavy (non-hydrogen) atoms. The van der Waals surface area contributed by atoms with Gasteiger partial charge in [-0.1, -0.05) is 30.8 Å². The number of benzene rings is 2. The number of hydrogen-bond donors (Lipinski definition) is 4. The minimum Gasteiger partial charge on any atom is -0.508 e. The lowest BCUT2D eigenvalue weighted by molar-refractivity contribution is -0.119. The van der Waals surface area contributed by atoms with E-state index in [1.165, 1.54) is 0 Å². The third kappa shape index (κ3) is 3.80. The van der Waals surface area contributed by atoms with Crippen LogP contribution >= 0.6 is 12.2 Å². The van der Waals surface area contributed by atoms with Crippen LogP contribution in [0.2, 0.25) is 0 Å². The Kier molecular flexibility index (Phi) is 4.72. The van der Waals surface area contributed by atoms with E-state index < -0.39 is 5.92 Å². The van der Waals surface area contributed by atoms with Crippen LogP contribution in [0.1, 0.15) is 17.2 Å². The van der Waals surface area contributed by atoms with Gasteiger partial charge in [-0.05, 0) is 54.5 Å². The monoisotopic (exact) mass is 353 g/mol.